The van der Waals surface area contributed by atoms with Gasteiger partial charge in [-0.1, -0.05) is 12.1 Å². The highest BCUT2D eigenvalue weighted by atomic mass is 19.1. The smallest absolute Gasteiger partial charge is 0.165 e. The van der Waals surface area contributed by atoms with Gasteiger partial charge in [-0.3, -0.25) is 0 Å². The number of aryl methyl sites for hydroxylation is 1. The number of allylic oxidation sites excluding steroid dienone is 1. The van der Waals surface area contributed by atoms with Gasteiger partial charge in [0, 0.05) is 0 Å². The molecule has 0 heterocycles. The Morgan fingerprint density at radius 1 is 1.54 bits per heavy atom. The molecule has 0 amide bonds. The van der Waals surface area contributed by atoms with Gasteiger partial charge in [-0.15, -0.1) is 6.58 Å². The van der Waals surface area contributed by atoms with Gasteiger partial charge in [0.1, 0.15) is 0 Å². The fraction of sp³-hybridized carbons (Fsp3) is 0.273. The van der Waals surface area contributed by atoms with Crippen LogP contribution >= 0.6 is 0 Å². The highest BCUT2D eigenvalue weighted by molar-refractivity contribution is 5.29. The van der Waals surface area contributed by atoms with E-state index in [0.29, 0.717) is 5.75 Å². The standard InChI is InChI=1S/C11H13FO/c1-3-4-5-9-6-7-11(13-2)10(12)8-9/h3,6-8H,1,4-5H2,2H3. The molecule has 0 fully saturated rings. The maximum absolute atomic E-state index is 13.1. The van der Waals surface area contributed by atoms with E-state index in [2.05, 4.69) is 6.58 Å². The predicted molar refractivity (Wildman–Crippen MR) is 51.5 cm³/mol. The molecule has 0 spiro atoms. The van der Waals surface area contributed by atoms with Gasteiger partial charge in [0.15, 0.2) is 11.6 Å². The van der Waals surface area contributed by atoms with Gasteiger partial charge >= 0.3 is 0 Å². The van der Waals surface area contributed by atoms with Crippen LogP contribution in [0.3, 0.4) is 0 Å². The molecule has 0 aromatic heterocycles. The van der Waals surface area contributed by atoms with Crippen molar-refractivity contribution in [1.29, 1.82) is 0 Å². The second kappa shape index (κ2) is 4.65. The van der Waals surface area contributed by atoms with Gasteiger partial charge in [-0.2, -0.15) is 0 Å². The summed E-state index contributed by atoms with van der Waals surface area (Å²) < 4.78 is 17.9. The maximum atomic E-state index is 13.1. The summed E-state index contributed by atoms with van der Waals surface area (Å²) in [6.07, 6.45) is 3.51. The van der Waals surface area contributed by atoms with E-state index in [9.17, 15) is 4.39 Å². The SMILES string of the molecule is C=CCCc1ccc(OC)c(F)c1. The third kappa shape index (κ3) is 2.58. The van der Waals surface area contributed by atoms with Crippen molar-refractivity contribution >= 4 is 0 Å². The van der Waals surface area contributed by atoms with Crippen LogP contribution in [0.2, 0.25) is 0 Å². The summed E-state index contributed by atoms with van der Waals surface area (Å²) >= 11 is 0. The van der Waals surface area contributed by atoms with Crippen LogP contribution in [0.25, 0.3) is 0 Å². The van der Waals surface area contributed by atoms with E-state index in [1.165, 1.54) is 13.2 Å². The Morgan fingerprint density at radius 3 is 2.85 bits per heavy atom. The minimum Gasteiger partial charge on any atom is -0.494 e. The lowest BCUT2D eigenvalue weighted by Gasteiger charge is -2.03. The molecule has 0 bridgehead atoms. The largest absolute Gasteiger partial charge is 0.494 e. The molecular weight excluding hydrogens is 167 g/mol. The number of benzene rings is 1. The first-order valence-corrected chi connectivity index (χ1v) is 4.21. The molecule has 0 unspecified atom stereocenters. The Labute approximate surface area is 77.8 Å². The Hall–Kier alpha value is -1.31. The van der Waals surface area contributed by atoms with Crippen LogP contribution in [0.4, 0.5) is 4.39 Å². The number of hydrogen-bond donors (Lipinski definition) is 0. The predicted octanol–water partition coefficient (Wildman–Crippen LogP) is 2.95. The molecule has 70 valence electrons. The first kappa shape index (κ1) is 9.78. The molecule has 13 heavy (non-hydrogen) atoms. The van der Waals surface area contributed by atoms with Crippen molar-refractivity contribution in [2.45, 2.75) is 12.8 Å². The maximum Gasteiger partial charge on any atom is 0.165 e. The molecule has 0 radical (unpaired) electrons. The van der Waals surface area contributed by atoms with Crippen LogP contribution in [0.5, 0.6) is 5.75 Å². The average molecular weight is 180 g/mol. The van der Waals surface area contributed by atoms with E-state index < -0.39 is 0 Å². The number of methoxy groups -OCH3 is 1. The van der Waals surface area contributed by atoms with Crippen LogP contribution in [0, 0.1) is 5.82 Å². The second-order valence-corrected chi connectivity index (χ2v) is 2.80. The molecule has 0 aliphatic rings. The third-order valence-corrected chi connectivity index (χ3v) is 1.85. The van der Waals surface area contributed by atoms with Gasteiger partial charge in [-0.05, 0) is 30.5 Å². The highest BCUT2D eigenvalue weighted by Gasteiger charge is 2.01. The Bertz CT molecular complexity index is 294. The van der Waals surface area contributed by atoms with E-state index in [4.69, 9.17) is 4.74 Å². The molecule has 1 aromatic rings. The summed E-state index contributed by atoms with van der Waals surface area (Å²) in [4.78, 5) is 0. The first-order chi connectivity index (χ1) is 6.27. The average Bonchev–Trinajstić information content (AvgIpc) is 2.15. The quantitative estimate of drug-likeness (QED) is 0.647. The Morgan fingerprint density at radius 2 is 2.31 bits per heavy atom. The zero-order valence-corrected chi connectivity index (χ0v) is 7.72. The molecular formula is C11H13FO. The van der Waals surface area contributed by atoms with Crippen LogP contribution < -0.4 is 4.74 Å². The molecule has 0 saturated heterocycles. The number of hydrogen-bond acceptors (Lipinski definition) is 1. The molecule has 0 N–H and O–H groups in total. The fourth-order valence-corrected chi connectivity index (χ4v) is 1.13. The van der Waals surface area contributed by atoms with E-state index in [1.54, 1.807) is 6.07 Å². The summed E-state index contributed by atoms with van der Waals surface area (Å²) in [6, 6.07) is 5.02. The zero-order chi connectivity index (χ0) is 9.68. The Balaban J connectivity index is 2.76. The molecule has 1 rings (SSSR count). The lowest BCUT2D eigenvalue weighted by atomic mass is 10.1. The van der Waals surface area contributed by atoms with E-state index in [0.717, 1.165) is 18.4 Å². The van der Waals surface area contributed by atoms with Crippen molar-refractivity contribution in [1.82, 2.24) is 0 Å². The summed E-state index contributed by atoms with van der Waals surface area (Å²) in [5.74, 6) is -0.00795. The summed E-state index contributed by atoms with van der Waals surface area (Å²) in [5, 5.41) is 0. The number of ether oxygens (including phenoxy) is 1. The van der Waals surface area contributed by atoms with Crippen LogP contribution in [0.1, 0.15) is 12.0 Å². The van der Waals surface area contributed by atoms with Crippen LogP contribution in [-0.4, -0.2) is 7.11 Å². The topological polar surface area (TPSA) is 9.23 Å². The van der Waals surface area contributed by atoms with Gasteiger partial charge in [0.25, 0.3) is 0 Å². The molecule has 1 nitrogen and oxygen atoms in total. The molecule has 0 aliphatic heterocycles. The second-order valence-electron chi connectivity index (χ2n) is 2.80. The van der Waals surface area contributed by atoms with Crippen molar-refractivity contribution in [2.24, 2.45) is 0 Å². The normalized spacial score (nSPS) is 9.69. The van der Waals surface area contributed by atoms with E-state index in [-0.39, 0.29) is 5.82 Å². The minimum absolute atomic E-state index is 0.294. The molecule has 0 aliphatic carbocycles. The molecule has 1 aromatic carbocycles. The summed E-state index contributed by atoms with van der Waals surface area (Å²) in [5.41, 5.74) is 0.971. The summed E-state index contributed by atoms with van der Waals surface area (Å²) in [6.45, 7) is 3.61. The lowest BCUT2D eigenvalue weighted by molar-refractivity contribution is 0.386. The van der Waals surface area contributed by atoms with Crippen molar-refractivity contribution < 1.29 is 9.13 Å². The van der Waals surface area contributed by atoms with E-state index >= 15 is 0 Å². The number of halogens is 1. The zero-order valence-electron chi connectivity index (χ0n) is 7.72. The monoisotopic (exact) mass is 180 g/mol. The summed E-state index contributed by atoms with van der Waals surface area (Å²) in [7, 11) is 1.46. The van der Waals surface area contributed by atoms with Gasteiger partial charge < -0.3 is 4.74 Å². The van der Waals surface area contributed by atoms with Gasteiger partial charge in [0.05, 0.1) is 7.11 Å². The third-order valence-electron chi connectivity index (χ3n) is 1.85. The first-order valence-electron chi connectivity index (χ1n) is 4.21. The molecule has 0 saturated carbocycles. The van der Waals surface area contributed by atoms with Gasteiger partial charge in [-0.25, -0.2) is 4.39 Å². The van der Waals surface area contributed by atoms with Gasteiger partial charge in [0.2, 0.25) is 0 Å². The van der Waals surface area contributed by atoms with Crippen LogP contribution in [-0.2, 0) is 6.42 Å². The van der Waals surface area contributed by atoms with Crippen molar-refractivity contribution in [3.05, 3.63) is 42.2 Å². The minimum atomic E-state index is -0.302. The van der Waals surface area contributed by atoms with E-state index in [1.807, 2.05) is 12.1 Å². The number of rotatable bonds is 4. The molecule has 0 atom stereocenters. The van der Waals surface area contributed by atoms with Crippen molar-refractivity contribution in [2.75, 3.05) is 7.11 Å². The highest BCUT2D eigenvalue weighted by Crippen LogP contribution is 2.18. The Kier molecular flexibility index (Phi) is 3.50. The van der Waals surface area contributed by atoms with Crippen molar-refractivity contribution in [3.8, 4) is 5.75 Å². The van der Waals surface area contributed by atoms with Crippen molar-refractivity contribution in [3.63, 3.8) is 0 Å². The van der Waals surface area contributed by atoms with Crippen LogP contribution in [0.15, 0.2) is 30.9 Å². The lowest BCUT2D eigenvalue weighted by Crippen LogP contribution is -1.90. The molecule has 2 heteroatoms. The fourth-order valence-electron chi connectivity index (χ4n) is 1.13.